The number of fused-ring (bicyclic) bond motifs is 1. The van der Waals surface area contributed by atoms with Crippen LogP contribution in [0.1, 0.15) is 5.56 Å². The summed E-state index contributed by atoms with van der Waals surface area (Å²) in [4.78, 5) is 13.6. The van der Waals surface area contributed by atoms with Crippen LogP contribution in [0.5, 0.6) is 5.75 Å². The molecule has 17 heavy (non-hydrogen) atoms. The van der Waals surface area contributed by atoms with Crippen molar-refractivity contribution in [3.05, 3.63) is 22.7 Å². The normalized spacial score (nSPS) is 14.1. The molecule has 5 heteroatoms. The summed E-state index contributed by atoms with van der Waals surface area (Å²) in [6.07, 6.45) is 0.423. The van der Waals surface area contributed by atoms with E-state index in [0.29, 0.717) is 23.7 Å². The first-order valence-corrected chi connectivity index (χ1v) is 5.86. The van der Waals surface area contributed by atoms with Gasteiger partial charge in [-0.1, -0.05) is 11.6 Å². The number of likely N-dealkylation sites (N-methyl/N-ethyl adjacent to an activating group) is 1. The topological polar surface area (TPSA) is 41.6 Å². The Morgan fingerprint density at radius 3 is 2.94 bits per heavy atom. The van der Waals surface area contributed by atoms with E-state index in [-0.39, 0.29) is 5.91 Å². The monoisotopic (exact) mass is 254 g/mol. The molecular weight excluding hydrogens is 240 g/mol. The van der Waals surface area contributed by atoms with E-state index in [9.17, 15) is 4.79 Å². The summed E-state index contributed by atoms with van der Waals surface area (Å²) in [5.74, 6) is 0.730. The first-order chi connectivity index (χ1) is 8.17. The number of ether oxygens (including phenoxy) is 1. The molecule has 0 aliphatic carbocycles. The molecule has 1 aliphatic rings. The van der Waals surface area contributed by atoms with Crippen molar-refractivity contribution in [2.75, 3.05) is 32.1 Å². The summed E-state index contributed by atoms with van der Waals surface area (Å²) in [5.41, 5.74) is 1.88. The molecule has 2 rings (SSSR count). The van der Waals surface area contributed by atoms with E-state index >= 15 is 0 Å². The number of hydrogen-bond donors (Lipinski definition) is 1. The maximum absolute atomic E-state index is 11.9. The van der Waals surface area contributed by atoms with Gasteiger partial charge in [0, 0.05) is 18.8 Å². The zero-order chi connectivity index (χ0) is 12.4. The number of hydrogen-bond acceptors (Lipinski definition) is 3. The third-order valence-electron chi connectivity index (χ3n) is 2.87. The van der Waals surface area contributed by atoms with Crippen LogP contribution in [0.25, 0.3) is 0 Å². The van der Waals surface area contributed by atoms with E-state index in [1.807, 2.05) is 13.1 Å². The van der Waals surface area contributed by atoms with Crippen LogP contribution in [0.15, 0.2) is 12.1 Å². The van der Waals surface area contributed by atoms with E-state index in [4.69, 9.17) is 16.3 Å². The van der Waals surface area contributed by atoms with Gasteiger partial charge in [-0.25, -0.2) is 0 Å². The molecule has 0 bridgehead atoms. The van der Waals surface area contributed by atoms with Gasteiger partial charge in [-0.05, 0) is 24.7 Å². The Bertz CT molecular complexity index is 448. The fraction of sp³-hybridized carbons (Fsp3) is 0.417. The van der Waals surface area contributed by atoms with E-state index in [1.54, 1.807) is 18.1 Å². The van der Waals surface area contributed by atoms with Gasteiger partial charge in [0.05, 0.1) is 18.6 Å². The Morgan fingerprint density at radius 2 is 2.29 bits per heavy atom. The van der Waals surface area contributed by atoms with Gasteiger partial charge in [0.15, 0.2) is 0 Å². The van der Waals surface area contributed by atoms with Gasteiger partial charge in [-0.3, -0.25) is 4.79 Å². The van der Waals surface area contributed by atoms with E-state index in [1.165, 1.54) is 0 Å². The first-order valence-electron chi connectivity index (χ1n) is 5.48. The minimum Gasteiger partial charge on any atom is -0.495 e. The van der Waals surface area contributed by atoms with Crippen molar-refractivity contribution in [2.45, 2.75) is 6.42 Å². The Morgan fingerprint density at radius 1 is 1.53 bits per heavy atom. The van der Waals surface area contributed by atoms with Crippen LogP contribution in [-0.2, 0) is 11.2 Å². The zero-order valence-electron chi connectivity index (χ0n) is 9.92. The van der Waals surface area contributed by atoms with Crippen LogP contribution in [0.2, 0.25) is 5.02 Å². The highest BCUT2D eigenvalue weighted by atomic mass is 35.5. The van der Waals surface area contributed by atoms with Gasteiger partial charge in [0.2, 0.25) is 5.91 Å². The number of nitrogens with zero attached hydrogens (tertiary/aromatic N) is 1. The number of methoxy groups -OCH3 is 1. The smallest absolute Gasteiger partial charge is 0.231 e. The van der Waals surface area contributed by atoms with Gasteiger partial charge in [0.25, 0.3) is 0 Å². The second-order valence-electron chi connectivity index (χ2n) is 3.94. The maximum Gasteiger partial charge on any atom is 0.231 e. The number of benzene rings is 1. The zero-order valence-corrected chi connectivity index (χ0v) is 10.7. The largest absolute Gasteiger partial charge is 0.495 e. The molecule has 1 heterocycles. The summed E-state index contributed by atoms with van der Waals surface area (Å²) in [5, 5.41) is 3.57. The lowest BCUT2D eigenvalue weighted by Gasteiger charge is -2.17. The number of anilines is 1. The lowest BCUT2D eigenvalue weighted by atomic mass is 10.1. The Kier molecular flexibility index (Phi) is 3.54. The quantitative estimate of drug-likeness (QED) is 0.885. The van der Waals surface area contributed by atoms with Crippen LogP contribution in [0.3, 0.4) is 0 Å². The molecule has 0 aromatic heterocycles. The lowest BCUT2D eigenvalue weighted by molar-refractivity contribution is -0.117. The van der Waals surface area contributed by atoms with Crippen molar-refractivity contribution in [1.82, 2.24) is 5.32 Å². The Labute approximate surface area is 106 Å². The molecule has 0 saturated carbocycles. The molecule has 1 amide bonds. The number of nitrogens with one attached hydrogen (secondary N) is 1. The highest BCUT2D eigenvalue weighted by Gasteiger charge is 2.28. The number of carbonyl (C=O) groups excluding carboxylic acids is 1. The molecule has 92 valence electrons. The highest BCUT2D eigenvalue weighted by molar-refractivity contribution is 6.32. The third kappa shape index (κ3) is 2.23. The van der Waals surface area contributed by atoms with Gasteiger partial charge >= 0.3 is 0 Å². The number of halogens is 1. The van der Waals surface area contributed by atoms with Crippen molar-refractivity contribution >= 4 is 23.2 Å². The van der Waals surface area contributed by atoms with Crippen LogP contribution in [-0.4, -0.2) is 33.2 Å². The number of rotatable bonds is 4. The molecule has 0 fully saturated rings. The summed E-state index contributed by atoms with van der Waals surface area (Å²) < 4.78 is 5.15. The summed E-state index contributed by atoms with van der Waals surface area (Å²) in [6, 6.07) is 3.64. The summed E-state index contributed by atoms with van der Waals surface area (Å²) in [6.45, 7) is 1.42. The second-order valence-corrected chi connectivity index (χ2v) is 4.35. The molecule has 1 aliphatic heterocycles. The van der Waals surface area contributed by atoms with Gasteiger partial charge in [0.1, 0.15) is 5.75 Å². The van der Waals surface area contributed by atoms with E-state index < -0.39 is 0 Å². The minimum atomic E-state index is 0.111. The first kappa shape index (κ1) is 12.2. The molecule has 0 saturated heterocycles. The van der Waals surface area contributed by atoms with Crippen LogP contribution in [0.4, 0.5) is 5.69 Å². The number of amides is 1. The molecule has 0 radical (unpaired) electrons. The van der Waals surface area contributed by atoms with Crippen LogP contribution in [0, 0.1) is 0 Å². The van der Waals surface area contributed by atoms with E-state index in [0.717, 1.165) is 17.8 Å². The fourth-order valence-corrected chi connectivity index (χ4v) is 2.23. The average molecular weight is 255 g/mol. The minimum absolute atomic E-state index is 0.111. The molecule has 0 unspecified atom stereocenters. The van der Waals surface area contributed by atoms with Crippen LogP contribution >= 0.6 is 11.6 Å². The van der Waals surface area contributed by atoms with Crippen molar-refractivity contribution in [3.63, 3.8) is 0 Å². The van der Waals surface area contributed by atoms with Gasteiger partial charge in [-0.15, -0.1) is 0 Å². The van der Waals surface area contributed by atoms with Crippen LogP contribution < -0.4 is 15.0 Å². The van der Waals surface area contributed by atoms with Crippen molar-refractivity contribution in [1.29, 1.82) is 0 Å². The van der Waals surface area contributed by atoms with Gasteiger partial charge < -0.3 is 15.0 Å². The standard InChI is InChI=1S/C12H15ClN2O2/c1-14-3-4-15-10-7-9(13)11(17-2)5-8(10)6-12(15)16/h5,7,14H,3-4,6H2,1-2H3. The Hall–Kier alpha value is -1.26. The average Bonchev–Trinajstić information content (AvgIpc) is 2.61. The molecule has 4 nitrogen and oxygen atoms in total. The SMILES string of the molecule is CNCCN1C(=O)Cc2cc(OC)c(Cl)cc21. The molecule has 1 aromatic rings. The predicted octanol–water partition coefficient (Wildman–Crippen LogP) is 1.46. The van der Waals surface area contributed by atoms with Crippen molar-refractivity contribution in [3.8, 4) is 5.75 Å². The fourth-order valence-electron chi connectivity index (χ4n) is 2.00. The maximum atomic E-state index is 11.9. The highest BCUT2D eigenvalue weighted by Crippen LogP contribution is 2.37. The summed E-state index contributed by atoms with van der Waals surface area (Å²) in [7, 11) is 3.44. The second kappa shape index (κ2) is 4.94. The molecule has 1 aromatic carbocycles. The van der Waals surface area contributed by atoms with Crippen molar-refractivity contribution < 1.29 is 9.53 Å². The number of carbonyl (C=O) groups is 1. The molecular formula is C12H15ClN2O2. The third-order valence-corrected chi connectivity index (χ3v) is 3.17. The summed E-state index contributed by atoms with van der Waals surface area (Å²) >= 11 is 6.08. The van der Waals surface area contributed by atoms with E-state index in [2.05, 4.69) is 5.32 Å². The molecule has 0 spiro atoms. The molecule has 1 N–H and O–H groups in total. The lowest BCUT2D eigenvalue weighted by Crippen LogP contribution is -2.33. The predicted molar refractivity (Wildman–Crippen MR) is 68.0 cm³/mol. The molecule has 0 atom stereocenters. The van der Waals surface area contributed by atoms with Gasteiger partial charge in [-0.2, -0.15) is 0 Å². The van der Waals surface area contributed by atoms with Crippen molar-refractivity contribution in [2.24, 2.45) is 0 Å². The Balaban J connectivity index is 2.33.